The number of rotatable bonds is 6. The molecule has 0 aliphatic heterocycles. The van der Waals surface area contributed by atoms with E-state index in [1.807, 2.05) is 31.2 Å². The SMILES string of the molecule is CCOc1ccccc1NC(=O)C1CCC(C(=O)NC2CC2)CC1. The van der Waals surface area contributed by atoms with Gasteiger partial charge in [0, 0.05) is 17.9 Å². The van der Waals surface area contributed by atoms with E-state index < -0.39 is 0 Å². The Morgan fingerprint density at radius 3 is 2.25 bits per heavy atom. The smallest absolute Gasteiger partial charge is 0.227 e. The Hall–Kier alpha value is -2.04. The summed E-state index contributed by atoms with van der Waals surface area (Å²) in [5, 5.41) is 6.06. The van der Waals surface area contributed by atoms with Crippen LogP contribution in [0.25, 0.3) is 0 Å². The summed E-state index contributed by atoms with van der Waals surface area (Å²) in [5.74, 6) is 0.960. The molecule has 2 aliphatic carbocycles. The van der Waals surface area contributed by atoms with E-state index in [4.69, 9.17) is 4.74 Å². The molecule has 0 radical (unpaired) electrons. The van der Waals surface area contributed by atoms with Crippen LogP contribution < -0.4 is 15.4 Å². The summed E-state index contributed by atoms with van der Waals surface area (Å²) in [4.78, 5) is 24.6. The Morgan fingerprint density at radius 1 is 1.00 bits per heavy atom. The third kappa shape index (κ3) is 4.28. The number of benzene rings is 1. The van der Waals surface area contributed by atoms with E-state index in [0.29, 0.717) is 18.4 Å². The number of ether oxygens (including phenoxy) is 1. The molecule has 2 fully saturated rings. The van der Waals surface area contributed by atoms with Gasteiger partial charge in [0.25, 0.3) is 0 Å². The van der Waals surface area contributed by atoms with Crippen molar-refractivity contribution < 1.29 is 14.3 Å². The zero-order valence-electron chi connectivity index (χ0n) is 14.2. The van der Waals surface area contributed by atoms with Crippen molar-refractivity contribution in [2.24, 2.45) is 11.8 Å². The molecule has 2 saturated carbocycles. The van der Waals surface area contributed by atoms with E-state index in [-0.39, 0.29) is 23.7 Å². The molecule has 0 spiro atoms. The first kappa shape index (κ1) is 16.8. The second-order valence-corrected chi connectivity index (χ2v) is 6.75. The molecule has 0 bridgehead atoms. The highest BCUT2D eigenvalue weighted by molar-refractivity contribution is 5.94. The minimum atomic E-state index is -0.0235. The molecule has 2 amide bonds. The van der Waals surface area contributed by atoms with Gasteiger partial charge in [-0.3, -0.25) is 9.59 Å². The summed E-state index contributed by atoms with van der Waals surface area (Å²) in [7, 11) is 0. The topological polar surface area (TPSA) is 67.4 Å². The van der Waals surface area contributed by atoms with E-state index in [2.05, 4.69) is 10.6 Å². The fourth-order valence-electron chi connectivity index (χ4n) is 3.25. The van der Waals surface area contributed by atoms with E-state index >= 15 is 0 Å². The summed E-state index contributed by atoms with van der Waals surface area (Å²) in [6.45, 7) is 2.49. The van der Waals surface area contributed by atoms with Crippen molar-refractivity contribution in [1.29, 1.82) is 0 Å². The molecule has 1 aromatic carbocycles. The van der Waals surface area contributed by atoms with Gasteiger partial charge in [0.15, 0.2) is 0 Å². The zero-order chi connectivity index (χ0) is 16.9. The fourth-order valence-corrected chi connectivity index (χ4v) is 3.25. The molecule has 0 saturated heterocycles. The van der Waals surface area contributed by atoms with Crippen molar-refractivity contribution in [1.82, 2.24) is 5.32 Å². The van der Waals surface area contributed by atoms with Crippen LogP contribution in [-0.2, 0) is 9.59 Å². The minimum Gasteiger partial charge on any atom is -0.492 e. The Labute approximate surface area is 143 Å². The summed E-state index contributed by atoms with van der Waals surface area (Å²) >= 11 is 0. The highest BCUT2D eigenvalue weighted by Gasteiger charge is 2.32. The highest BCUT2D eigenvalue weighted by Crippen LogP contribution is 2.32. The lowest BCUT2D eigenvalue weighted by Crippen LogP contribution is -2.36. The zero-order valence-corrected chi connectivity index (χ0v) is 14.2. The Bertz CT molecular complexity index is 590. The second kappa shape index (κ2) is 7.69. The first-order valence-electron chi connectivity index (χ1n) is 9.00. The maximum Gasteiger partial charge on any atom is 0.227 e. The average Bonchev–Trinajstić information content (AvgIpc) is 3.41. The first-order valence-corrected chi connectivity index (χ1v) is 9.00. The van der Waals surface area contributed by atoms with Gasteiger partial charge in [0.1, 0.15) is 5.75 Å². The molecule has 0 heterocycles. The summed E-state index contributed by atoms with van der Waals surface area (Å²) in [6.07, 6.45) is 5.36. The molecule has 3 rings (SSSR count). The third-order valence-corrected chi connectivity index (χ3v) is 4.84. The molecule has 0 unspecified atom stereocenters. The number of nitrogens with one attached hydrogen (secondary N) is 2. The van der Waals surface area contributed by atoms with Gasteiger partial charge in [-0.15, -0.1) is 0 Å². The molecule has 5 heteroatoms. The molecular formula is C19H26N2O3. The van der Waals surface area contributed by atoms with Crippen LogP contribution in [0.1, 0.15) is 45.4 Å². The van der Waals surface area contributed by atoms with Gasteiger partial charge in [0.2, 0.25) is 11.8 Å². The molecule has 5 nitrogen and oxygen atoms in total. The predicted molar refractivity (Wildman–Crippen MR) is 92.9 cm³/mol. The number of amides is 2. The van der Waals surface area contributed by atoms with E-state index in [1.165, 1.54) is 0 Å². The maximum absolute atomic E-state index is 12.5. The van der Waals surface area contributed by atoms with Gasteiger partial charge in [-0.05, 0) is 57.6 Å². The predicted octanol–water partition coefficient (Wildman–Crippen LogP) is 3.11. The Kier molecular flexibility index (Phi) is 5.38. The van der Waals surface area contributed by atoms with Crippen LogP contribution in [-0.4, -0.2) is 24.5 Å². The van der Waals surface area contributed by atoms with Crippen molar-refractivity contribution in [3.8, 4) is 5.75 Å². The summed E-state index contributed by atoms with van der Waals surface area (Å²) < 4.78 is 5.55. The molecule has 24 heavy (non-hydrogen) atoms. The van der Waals surface area contributed by atoms with Gasteiger partial charge in [-0.2, -0.15) is 0 Å². The lowest BCUT2D eigenvalue weighted by molar-refractivity contribution is -0.128. The van der Waals surface area contributed by atoms with E-state index in [0.717, 1.165) is 44.2 Å². The Balaban J connectivity index is 1.51. The first-order chi connectivity index (χ1) is 11.7. The average molecular weight is 330 g/mol. The quantitative estimate of drug-likeness (QED) is 0.842. The highest BCUT2D eigenvalue weighted by atomic mass is 16.5. The summed E-state index contributed by atoms with van der Waals surface area (Å²) in [5.41, 5.74) is 0.720. The van der Waals surface area contributed by atoms with Gasteiger partial charge in [0.05, 0.1) is 12.3 Å². The molecule has 2 aliphatic rings. The van der Waals surface area contributed by atoms with Gasteiger partial charge in [-0.1, -0.05) is 12.1 Å². The van der Waals surface area contributed by atoms with Crippen molar-refractivity contribution in [3.05, 3.63) is 24.3 Å². The lowest BCUT2D eigenvalue weighted by Gasteiger charge is -2.27. The van der Waals surface area contributed by atoms with Crippen LogP contribution in [0, 0.1) is 11.8 Å². The van der Waals surface area contributed by atoms with Crippen molar-refractivity contribution in [3.63, 3.8) is 0 Å². The fraction of sp³-hybridized carbons (Fsp3) is 0.579. The van der Waals surface area contributed by atoms with Gasteiger partial charge in [-0.25, -0.2) is 0 Å². The third-order valence-electron chi connectivity index (χ3n) is 4.84. The van der Waals surface area contributed by atoms with Crippen LogP contribution in [0.3, 0.4) is 0 Å². The van der Waals surface area contributed by atoms with Crippen molar-refractivity contribution >= 4 is 17.5 Å². The molecule has 0 atom stereocenters. The number of para-hydroxylation sites is 2. The maximum atomic E-state index is 12.5. The molecule has 1 aromatic rings. The standard InChI is InChI=1S/C19H26N2O3/c1-2-24-17-6-4-3-5-16(17)21-19(23)14-9-7-13(8-10-14)18(22)20-15-11-12-15/h3-6,13-15H,2,7-12H2,1H3,(H,20,22)(H,21,23). The van der Waals surface area contributed by atoms with Crippen molar-refractivity contribution in [2.45, 2.75) is 51.5 Å². The van der Waals surface area contributed by atoms with E-state index in [9.17, 15) is 9.59 Å². The second-order valence-electron chi connectivity index (χ2n) is 6.75. The van der Waals surface area contributed by atoms with Gasteiger partial charge >= 0.3 is 0 Å². The molecule has 0 aromatic heterocycles. The number of anilines is 1. The molecule has 130 valence electrons. The number of hydrogen-bond donors (Lipinski definition) is 2. The lowest BCUT2D eigenvalue weighted by atomic mass is 9.81. The summed E-state index contributed by atoms with van der Waals surface area (Å²) in [6, 6.07) is 7.91. The Morgan fingerprint density at radius 2 is 1.62 bits per heavy atom. The number of hydrogen-bond acceptors (Lipinski definition) is 3. The van der Waals surface area contributed by atoms with Crippen molar-refractivity contribution in [2.75, 3.05) is 11.9 Å². The molecule has 2 N–H and O–H groups in total. The monoisotopic (exact) mass is 330 g/mol. The van der Waals surface area contributed by atoms with E-state index in [1.54, 1.807) is 0 Å². The number of carbonyl (C=O) groups excluding carboxylic acids is 2. The minimum absolute atomic E-state index is 0.0235. The van der Waals surface area contributed by atoms with Gasteiger partial charge < -0.3 is 15.4 Å². The van der Waals surface area contributed by atoms with Crippen LogP contribution >= 0.6 is 0 Å². The van der Waals surface area contributed by atoms with Crippen LogP contribution in [0.4, 0.5) is 5.69 Å². The molecular weight excluding hydrogens is 304 g/mol. The van der Waals surface area contributed by atoms with Crippen LogP contribution in [0.5, 0.6) is 5.75 Å². The van der Waals surface area contributed by atoms with Crippen LogP contribution in [0.15, 0.2) is 24.3 Å². The normalized spacial score (nSPS) is 23.4. The van der Waals surface area contributed by atoms with Crippen LogP contribution in [0.2, 0.25) is 0 Å². The number of carbonyl (C=O) groups is 2. The largest absolute Gasteiger partial charge is 0.492 e.